The summed E-state index contributed by atoms with van der Waals surface area (Å²) in [6.45, 7) is 0. The van der Waals surface area contributed by atoms with Crippen LogP contribution in [0.5, 0.6) is 0 Å². The van der Waals surface area contributed by atoms with E-state index in [4.69, 9.17) is 0 Å². The van der Waals surface area contributed by atoms with E-state index in [1.165, 1.54) is 6.07 Å². The fraction of sp³-hybridized carbons (Fsp3) is 0. The average Bonchev–Trinajstić information content (AvgIpc) is 1.97. The summed E-state index contributed by atoms with van der Waals surface area (Å²) in [6, 6.07) is 3.29. The third kappa shape index (κ3) is 1.68. The van der Waals surface area contributed by atoms with Crippen molar-refractivity contribution in [1.82, 2.24) is 0 Å². The maximum absolute atomic E-state index is 12.6. The molecule has 58 valence electrons. The highest BCUT2D eigenvalue weighted by Crippen LogP contribution is 2.20. The van der Waals surface area contributed by atoms with Crippen LogP contribution in [-0.4, -0.2) is 4.21 Å². The van der Waals surface area contributed by atoms with Gasteiger partial charge in [0, 0.05) is 0 Å². The lowest BCUT2D eigenvalue weighted by Crippen LogP contribution is -1.79. The Labute approximate surface area is 65.1 Å². The molecular weight excluding hydrogens is 172 g/mol. The molecule has 11 heavy (non-hydrogen) atoms. The van der Waals surface area contributed by atoms with E-state index in [0.29, 0.717) is 0 Å². The summed E-state index contributed by atoms with van der Waals surface area (Å²) >= 11 is -0.222. The Morgan fingerprint density at radius 2 is 1.82 bits per heavy atom. The van der Waals surface area contributed by atoms with Gasteiger partial charge in [0.25, 0.3) is 0 Å². The van der Waals surface area contributed by atoms with Gasteiger partial charge in [-0.3, -0.25) is 0 Å². The molecule has 0 heterocycles. The maximum Gasteiger partial charge on any atom is 0.205 e. The molecule has 0 aliphatic heterocycles. The van der Waals surface area contributed by atoms with E-state index in [9.17, 15) is 13.0 Å². The van der Waals surface area contributed by atoms with Crippen molar-refractivity contribution in [2.45, 2.75) is 0 Å². The molecule has 0 atom stereocenters. The molecule has 0 spiro atoms. The smallest absolute Gasteiger partial charge is 0.204 e. The molecule has 0 saturated heterocycles. The number of rotatable bonds is 1. The molecule has 5 heteroatoms. The Bertz CT molecular complexity index is 302. The van der Waals surface area contributed by atoms with Crippen molar-refractivity contribution in [3.8, 4) is 0 Å². The Morgan fingerprint density at radius 1 is 1.27 bits per heavy atom. The number of halogens is 2. The second-order valence-corrected chi connectivity index (χ2v) is 2.07. The fourth-order valence-corrected chi connectivity index (χ4v) is 0.862. The van der Waals surface area contributed by atoms with E-state index in [1.807, 2.05) is 0 Å². The minimum absolute atomic E-state index is 0.222. The van der Waals surface area contributed by atoms with Crippen LogP contribution in [0.3, 0.4) is 0 Å². The van der Waals surface area contributed by atoms with Gasteiger partial charge in [0.15, 0.2) is 17.3 Å². The van der Waals surface area contributed by atoms with E-state index in [1.54, 1.807) is 0 Å². The molecule has 0 unspecified atom stereocenters. The monoisotopic (exact) mass is 175 g/mol. The van der Waals surface area contributed by atoms with Gasteiger partial charge in [0.05, 0.1) is 0 Å². The molecule has 1 aromatic carbocycles. The summed E-state index contributed by atoms with van der Waals surface area (Å²) in [5, 5.41) is 0. The van der Waals surface area contributed by atoms with Gasteiger partial charge in [0.2, 0.25) is 11.5 Å². The third-order valence-corrected chi connectivity index (χ3v) is 1.32. The van der Waals surface area contributed by atoms with Crippen LogP contribution in [0.4, 0.5) is 14.5 Å². The molecule has 0 aliphatic rings. The van der Waals surface area contributed by atoms with Crippen molar-refractivity contribution in [2.24, 2.45) is 4.36 Å². The van der Waals surface area contributed by atoms with Crippen LogP contribution in [0.15, 0.2) is 22.6 Å². The second kappa shape index (κ2) is 3.34. The van der Waals surface area contributed by atoms with Crippen LogP contribution in [0, 0.1) is 11.6 Å². The Balaban J connectivity index is 3.31. The quantitative estimate of drug-likeness (QED) is 0.641. The van der Waals surface area contributed by atoms with Crippen molar-refractivity contribution in [3.05, 3.63) is 29.8 Å². The van der Waals surface area contributed by atoms with Gasteiger partial charge in [-0.25, -0.2) is 8.78 Å². The van der Waals surface area contributed by atoms with Crippen LogP contribution in [-0.2, 0) is 11.5 Å². The fourth-order valence-electron chi connectivity index (χ4n) is 0.613. The average molecular weight is 175 g/mol. The predicted octanol–water partition coefficient (Wildman–Crippen LogP) is 1.99. The lowest BCUT2D eigenvalue weighted by atomic mass is 10.3. The summed E-state index contributed by atoms with van der Waals surface area (Å²) in [6.07, 6.45) is 0. The first-order chi connectivity index (χ1) is 5.25. The summed E-state index contributed by atoms with van der Waals surface area (Å²) in [4.78, 5) is 0. The van der Waals surface area contributed by atoms with E-state index in [2.05, 4.69) is 4.36 Å². The zero-order chi connectivity index (χ0) is 8.27. The van der Waals surface area contributed by atoms with Gasteiger partial charge in [-0.1, -0.05) is 6.07 Å². The molecule has 0 bridgehead atoms. The molecule has 1 rings (SSSR count). The zero-order valence-electron chi connectivity index (χ0n) is 5.25. The predicted molar refractivity (Wildman–Crippen MR) is 36.6 cm³/mol. The molecule has 0 saturated carbocycles. The minimum atomic E-state index is -0.826. The van der Waals surface area contributed by atoms with Crippen LogP contribution >= 0.6 is 0 Å². The van der Waals surface area contributed by atoms with Crippen molar-refractivity contribution in [3.63, 3.8) is 0 Å². The third-order valence-electron chi connectivity index (χ3n) is 1.07. The van der Waals surface area contributed by atoms with Gasteiger partial charge in [-0.15, -0.1) is 0 Å². The van der Waals surface area contributed by atoms with Crippen molar-refractivity contribution < 1.29 is 13.0 Å². The molecule has 1 aromatic rings. The second-order valence-electron chi connectivity index (χ2n) is 1.74. The molecule has 0 radical (unpaired) electrons. The normalized spacial score (nSPS) is 9.27. The molecule has 0 amide bonds. The number of hydrogen-bond donors (Lipinski definition) is 0. The Hall–Kier alpha value is -1.10. The highest BCUT2D eigenvalue weighted by molar-refractivity contribution is 7.54. The summed E-state index contributed by atoms with van der Waals surface area (Å²) in [7, 11) is 0. The Kier molecular flexibility index (Phi) is 2.43. The lowest BCUT2D eigenvalue weighted by molar-refractivity contribution is 0.587. The van der Waals surface area contributed by atoms with Crippen LogP contribution in [0.1, 0.15) is 0 Å². The van der Waals surface area contributed by atoms with E-state index in [0.717, 1.165) is 12.1 Å². The van der Waals surface area contributed by atoms with Crippen molar-refractivity contribution in [2.75, 3.05) is 0 Å². The van der Waals surface area contributed by atoms with E-state index >= 15 is 0 Å². The maximum atomic E-state index is 12.6. The first-order valence-electron chi connectivity index (χ1n) is 2.69. The van der Waals surface area contributed by atoms with Crippen molar-refractivity contribution >= 4 is 17.2 Å². The molecule has 0 fully saturated rings. The topological polar surface area (TPSA) is 29.4 Å². The van der Waals surface area contributed by atoms with Gasteiger partial charge in [0.1, 0.15) is 0 Å². The SMILES string of the molecule is O=S=Nc1c(F)cccc1F. The zero-order valence-corrected chi connectivity index (χ0v) is 6.07. The van der Waals surface area contributed by atoms with Crippen LogP contribution in [0.25, 0.3) is 0 Å². The first kappa shape index (κ1) is 8.00. The summed E-state index contributed by atoms with van der Waals surface area (Å²) in [5.74, 6) is -1.65. The Morgan fingerprint density at radius 3 is 2.27 bits per heavy atom. The lowest BCUT2D eigenvalue weighted by Gasteiger charge is -1.93. The van der Waals surface area contributed by atoms with Gasteiger partial charge < -0.3 is 0 Å². The molecule has 2 nitrogen and oxygen atoms in total. The summed E-state index contributed by atoms with van der Waals surface area (Å²) < 4.78 is 37.9. The van der Waals surface area contributed by atoms with Gasteiger partial charge >= 0.3 is 0 Å². The van der Waals surface area contributed by atoms with Gasteiger partial charge in [-0.05, 0) is 12.1 Å². The number of hydrogen-bond acceptors (Lipinski definition) is 2. The largest absolute Gasteiger partial charge is 0.205 e. The summed E-state index contributed by atoms with van der Waals surface area (Å²) in [5.41, 5.74) is -0.521. The first-order valence-corrected chi connectivity index (χ1v) is 3.39. The molecule has 0 aromatic heterocycles. The highest BCUT2D eigenvalue weighted by atomic mass is 32.1. The van der Waals surface area contributed by atoms with Gasteiger partial charge in [-0.2, -0.15) is 8.57 Å². The van der Waals surface area contributed by atoms with E-state index in [-0.39, 0.29) is 11.5 Å². The highest BCUT2D eigenvalue weighted by Gasteiger charge is 2.05. The minimum Gasteiger partial charge on any atom is -0.204 e. The van der Waals surface area contributed by atoms with E-state index < -0.39 is 17.3 Å². The molecular formula is C6H3F2NOS. The van der Waals surface area contributed by atoms with Crippen molar-refractivity contribution in [1.29, 1.82) is 0 Å². The standard InChI is InChI=1S/C6H3F2NOS/c7-4-2-1-3-5(8)6(4)9-11-10/h1-3H. The molecule has 0 N–H and O–H groups in total. The number of nitrogens with zero attached hydrogens (tertiary/aromatic N) is 1. The number of benzene rings is 1. The van der Waals surface area contributed by atoms with Crippen LogP contribution < -0.4 is 0 Å². The molecule has 0 aliphatic carbocycles. The van der Waals surface area contributed by atoms with Crippen LogP contribution in [0.2, 0.25) is 0 Å².